The molecule has 0 amide bonds. The van der Waals surface area contributed by atoms with Crippen LogP contribution in [0.15, 0.2) is 42.5 Å². The highest BCUT2D eigenvalue weighted by atomic mass is 16.6. The number of ether oxygens (including phenoxy) is 2. The number of aliphatic hydroxyl groups excluding tert-OH is 1. The number of benzene rings is 1. The van der Waals surface area contributed by atoms with E-state index in [9.17, 15) is 14.7 Å². The highest BCUT2D eigenvalue weighted by Gasteiger charge is 2.34. The van der Waals surface area contributed by atoms with Gasteiger partial charge in [0.15, 0.2) is 6.10 Å². The molecule has 5 heteroatoms. The molecule has 0 aliphatic carbocycles. The number of esters is 2. The summed E-state index contributed by atoms with van der Waals surface area (Å²) in [5.41, 5.74) is 0.654. The summed E-state index contributed by atoms with van der Waals surface area (Å²) < 4.78 is 10.2. The van der Waals surface area contributed by atoms with Crippen molar-refractivity contribution in [2.24, 2.45) is 0 Å². The second-order valence-corrected chi connectivity index (χ2v) is 4.54. The summed E-state index contributed by atoms with van der Waals surface area (Å²) in [5.74, 6) is -1.01. The first-order valence-electron chi connectivity index (χ1n) is 6.35. The highest BCUT2D eigenvalue weighted by Crippen LogP contribution is 2.27. The fourth-order valence-corrected chi connectivity index (χ4v) is 2.10. The molecular formula is C15H16O5. The highest BCUT2D eigenvalue weighted by molar-refractivity contribution is 5.82. The largest absolute Gasteiger partial charge is 0.456 e. The number of aliphatic hydroxyl groups is 1. The van der Waals surface area contributed by atoms with Gasteiger partial charge in [-0.25, -0.2) is 4.79 Å². The molecule has 0 radical (unpaired) electrons. The minimum atomic E-state index is -1.12. The lowest BCUT2D eigenvalue weighted by molar-refractivity contribution is -0.167. The fraction of sp³-hybridized carbons (Fsp3) is 0.333. The van der Waals surface area contributed by atoms with E-state index in [4.69, 9.17) is 9.47 Å². The number of hydrogen-bond donors (Lipinski definition) is 1. The first kappa shape index (κ1) is 14.3. The summed E-state index contributed by atoms with van der Waals surface area (Å²) in [4.78, 5) is 22.5. The lowest BCUT2D eigenvalue weighted by atomic mass is 9.97. The summed E-state index contributed by atoms with van der Waals surface area (Å²) in [5, 5.41) is 10.4. The minimum absolute atomic E-state index is 0.386. The zero-order valence-corrected chi connectivity index (χ0v) is 11.1. The van der Waals surface area contributed by atoms with E-state index in [1.165, 1.54) is 13.0 Å². The second kappa shape index (κ2) is 6.34. The summed E-state index contributed by atoms with van der Waals surface area (Å²) in [7, 11) is 0. The van der Waals surface area contributed by atoms with E-state index in [1.807, 2.05) is 6.07 Å². The lowest BCUT2D eigenvalue weighted by Gasteiger charge is -2.30. The Bertz CT molecular complexity index is 508. The molecule has 1 aliphatic rings. The summed E-state index contributed by atoms with van der Waals surface area (Å²) in [6.07, 6.45) is 0.629. The van der Waals surface area contributed by atoms with Crippen LogP contribution in [0.4, 0.5) is 0 Å². The van der Waals surface area contributed by atoms with Crippen molar-refractivity contribution in [1.29, 1.82) is 0 Å². The van der Waals surface area contributed by atoms with Gasteiger partial charge >= 0.3 is 11.9 Å². The number of rotatable bonds is 4. The topological polar surface area (TPSA) is 72.8 Å². The van der Waals surface area contributed by atoms with Crippen molar-refractivity contribution in [3.8, 4) is 0 Å². The van der Waals surface area contributed by atoms with Crippen LogP contribution < -0.4 is 0 Å². The smallest absolute Gasteiger partial charge is 0.330 e. The van der Waals surface area contributed by atoms with Crippen LogP contribution in [-0.4, -0.2) is 29.3 Å². The fourth-order valence-electron chi connectivity index (χ4n) is 2.10. The van der Waals surface area contributed by atoms with E-state index in [0.29, 0.717) is 12.0 Å². The molecule has 1 aromatic carbocycles. The van der Waals surface area contributed by atoms with Gasteiger partial charge in [0.1, 0.15) is 12.2 Å². The van der Waals surface area contributed by atoms with Crippen LogP contribution in [0, 0.1) is 0 Å². The van der Waals surface area contributed by atoms with Gasteiger partial charge in [-0.2, -0.15) is 0 Å². The molecule has 2 rings (SSSR count). The molecule has 106 valence electrons. The predicted molar refractivity (Wildman–Crippen MR) is 70.6 cm³/mol. The van der Waals surface area contributed by atoms with Crippen LogP contribution in [0.3, 0.4) is 0 Å². The average molecular weight is 276 g/mol. The molecule has 0 saturated carbocycles. The Morgan fingerprint density at radius 3 is 2.70 bits per heavy atom. The van der Waals surface area contributed by atoms with Gasteiger partial charge in [-0.1, -0.05) is 36.4 Å². The zero-order chi connectivity index (χ0) is 14.5. The SMILES string of the molecule is CC(=O)O[C@H](c1ccccc1)[C@@H](O)[C@@H]1CC=CC(=O)O1. The maximum absolute atomic E-state index is 11.2. The monoisotopic (exact) mass is 276 g/mol. The van der Waals surface area contributed by atoms with E-state index in [1.54, 1.807) is 30.3 Å². The van der Waals surface area contributed by atoms with Gasteiger partial charge in [0, 0.05) is 19.4 Å². The third-order valence-electron chi connectivity index (χ3n) is 3.00. The van der Waals surface area contributed by atoms with Crippen molar-refractivity contribution >= 4 is 11.9 Å². The molecule has 1 aliphatic heterocycles. The van der Waals surface area contributed by atoms with Crippen LogP contribution >= 0.6 is 0 Å². The van der Waals surface area contributed by atoms with Crippen molar-refractivity contribution in [3.05, 3.63) is 48.0 Å². The summed E-state index contributed by atoms with van der Waals surface area (Å²) in [6.45, 7) is 1.27. The molecule has 0 unspecified atom stereocenters. The standard InChI is InChI=1S/C15H16O5/c1-10(16)19-15(11-6-3-2-4-7-11)14(18)12-8-5-9-13(17)20-12/h2-7,9,12,14-15,18H,8H2,1H3/t12-,14-,15+/m0/s1. The van der Waals surface area contributed by atoms with E-state index in [2.05, 4.69) is 0 Å². The van der Waals surface area contributed by atoms with Crippen molar-refractivity contribution in [2.45, 2.75) is 31.7 Å². The number of carbonyl (C=O) groups is 2. The maximum Gasteiger partial charge on any atom is 0.330 e. The van der Waals surface area contributed by atoms with Crippen molar-refractivity contribution in [3.63, 3.8) is 0 Å². The van der Waals surface area contributed by atoms with Crippen molar-refractivity contribution in [2.75, 3.05) is 0 Å². The second-order valence-electron chi connectivity index (χ2n) is 4.54. The minimum Gasteiger partial charge on any atom is -0.456 e. The molecule has 0 aromatic heterocycles. The van der Waals surface area contributed by atoms with E-state index >= 15 is 0 Å². The van der Waals surface area contributed by atoms with Crippen molar-refractivity contribution < 1.29 is 24.2 Å². The Hall–Kier alpha value is -2.14. The molecular weight excluding hydrogens is 260 g/mol. The molecule has 0 spiro atoms. The van der Waals surface area contributed by atoms with Crippen LogP contribution in [0.5, 0.6) is 0 Å². The number of carbonyl (C=O) groups excluding carboxylic acids is 2. The van der Waals surface area contributed by atoms with E-state index in [-0.39, 0.29) is 0 Å². The van der Waals surface area contributed by atoms with E-state index in [0.717, 1.165) is 0 Å². The van der Waals surface area contributed by atoms with Crippen LogP contribution in [0.25, 0.3) is 0 Å². The molecule has 0 fully saturated rings. The Kier molecular flexibility index (Phi) is 4.53. The zero-order valence-electron chi connectivity index (χ0n) is 11.1. The molecule has 3 atom stereocenters. The first-order valence-corrected chi connectivity index (χ1v) is 6.35. The third-order valence-corrected chi connectivity index (χ3v) is 3.00. The molecule has 20 heavy (non-hydrogen) atoms. The molecule has 1 N–H and O–H groups in total. The van der Waals surface area contributed by atoms with Crippen LogP contribution in [0.1, 0.15) is 25.0 Å². The first-order chi connectivity index (χ1) is 9.58. The van der Waals surface area contributed by atoms with Gasteiger partial charge in [-0.05, 0) is 5.56 Å². The summed E-state index contributed by atoms with van der Waals surface area (Å²) >= 11 is 0. The van der Waals surface area contributed by atoms with E-state index < -0.39 is 30.3 Å². The summed E-state index contributed by atoms with van der Waals surface area (Å²) in [6, 6.07) is 8.88. The van der Waals surface area contributed by atoms with Gasteiger partial charge in [-0.3, -0.25) is 4.79 Å². The lowest BCUT2D eigenvalue weighted by Crippen LogP contribution is -2.38. The molecule has 1 heterocycles. The van der Waals surface area contributed by atoms with Crippen molar-refractivity contribution in [1.82, 2.24) is 0 Å². The van der Waals surface area contributed by atoms with Crippen LogP contribution in [0.2, 0.25) is 0 Å². The molecule has 0 bridgehead atoms. The third kappa shape index (κ3) is 3.45. The van der Waals surface area contributed by atoms with Gasteiger partial charge in [-0.15, -0.1) is 0 Å². The van der Waals surface area contributed by atoms with Gasteiger partial charge in [0.2, 0.25) is 0 Å². The van der Waals surface area contributed by atoms with Gasteiger partial charge in [0.05, 0.1) is 0 Å². The maximum atomic E-state index is 11.2. The predicted octanol–water partition coefficient (Wildman–Crippen LogP) is 1.52. The quantitative estimate of drug-likeness (QED) is 0.844. The van der Waals surface area contributed by atoms with Crippen LogP contribution in [-0.2, 0) is 19.1 Å². The van der Waals surface area contributed by atoms with Gasteiger partial charge in [0.25, 0.3) is 0 Å². The molecule has 5 nitrogen and oxygen atoms in total. The van der Waals surface area contributed by atoms with Gasteiger partial charge < -0.3 is 14.6 Å². The normalized spacial score (nSPS) is 20.9. The Balaban J connectivity index is 2.20. The molecule has 0 saturated heterocycles. The number of cyclic esters (lactones) is 1. The Morgan fingerprint density at radius 2 is 2.10 bits per heavy atom. The average Bonchev–Trinajstić information content (AvgIpc) is 2.45. The number of hydrogen-bond acceptors (Lipinski definition) is 5. The molecule has 1 aromatic rings. The Labute approximate surface area is 116 Å². The Morgan fingerprint density at radius 1 is 1.40 bits per heavy atom.